The molecule has 5 heterocycles. The van der Waals surface area contributed by atoms with Gasteiger partial charge in [0.2, 0.25) is 0 Å². The Morgan fingerprint density at radius 3 is 1.05 bits per heavy atom. The maximum atomic E-state index is 13.5. The Morgan fingerprint density at radius 1 is 0.410 bits per heavy atom. The Labute approximate surface area is 831 Å². The molecule has 5 aliphatic heterocycles. The molecule has 0 radical (unpaired) electrons. The smallest absolute Gasteiger partial charge is 0.254 e. The summed E-state index contributed by atoms with van der Waals surface area (Å²) >= 11 is 2.14. The number of nitrogens with one attached hydrogen (secondary N) is 3. The third kappa shape index (κ3) is 35.5. The zero-order valence-electron chi connectivity index (χ0n) is 81.8. The minimum absolute atomic E-state index is 0.0389. The first-order chi connectivity index (χ1) is 67.1. The molecule has 11 rings (SSSR count). The lowest BCUT2D eigenvalue weighted by Crippen LogP contribution is -2.62. The molecule has 0 aromatic heterocycles. The van der Waals surface area contributed by atoms with E-state index in [0.29, 0.717) is 99.9 Å². The lowest BCUT2D eigenvalue weighted by molar-refractivity contribution is -0.200. The van der Waals surface area contributed by atoms with Crippen molar-refractivity contribution in [3.05, 3.63) is 210 Å². The topological polar surface area (TPSA) is 380 Å². The fraction of sp³-hybridized carbons (Fsp3) is 0.523. The molecule has 6 aromatic rings. The summed E-state index contributed by atoms with van der Waals surface area (Å²) in [5.41, 5.74) is 2.19. The molecule has 5 saturated heterocycles. The molecule has 31 nitrogen and oxygen atoms in total. The lowest BCUT2D eigenvalue weighted by Gasteiger charge is -2.36. The number of aliphatic hydroxyl groups excluding tert-OH is 3. The van der Waals surface area contributed by atoms with Crippen LogP contribution in [0.4, 0.5) is 0 Å². The highest BCUT2D eigenvalue weighted by molar-refractivity contribution is 14.1. The van der Waals surface area contributed by atoms with Crippen molar-refractivity contribution in [2.45, 2.75) is 216 Å². The van der Waals surface area contributed by atoms with E-state index >= 15 is 0 Å². The Kier molecular flexibility index (Phi) is 50.0. The summed E-state index contributed by atoms with van der Waals surface area (Å²) < 4.78 is 75.7. The van der Waals surface area contributed by atoms with Gasteiger partial charge in [0.1, 0.15) is 38.1 Å². The summed E-state index contributed by atoms with van der Waals surface area (Å²) in [6, 6.07) is 43.0. The number of benzene rings is 6. The number of terminal acetylenes is 1. The molecule has 5 aliphatic rings. The van der Waals surface area contributed by atoms with Crippen LogP contribution in [0.1, 0.15) is 244 Å². The lowest BCUT2D eigenvalue weighted by atomic mass is 9.92. The SMILES string of the molecule is C#Cc1ccc([C@@H](COCCCOC2CCCCO2)OC2CCCCO2)cc1.CCCCOC[C@@H](OC1CCCCO1)c1ccc(C#Cc2ccc(C(=O)N(C)[C@](C)(C(=O)COC3CCCCO3)C(=O)NC)cc2)cc1.CNC(=O)[C@@](C)(C(=O)CO)N(C)C(=O)c1ccc(C#Cc2ccc([C@H](O)COCCCO)cc2)cc1.CNC(=O)[C@@](C)(C(=O)COC1CCCCO1)N(C)C(=O)c1ccc(I)cc1. The number of aliphatic hydroxyl groups is 3. The molecule has 6 amide bonds. The molecule has 754 valence electrons. The van der Waals surface area contributed by atoms with Gasteiger partial charge in [-0.25, -0.2) is 0 Å². The Balaban J connectivity index is 0.000000234. The van der Waals surface area contributed by atoms with Crippen molar-refractivity contribution in [1.82, 2.24) is 30.7 Å². The van der Waals surface area contributed by atoms with Crippen molar-refractivity contribution < 1.29 is 120 Å². The zero-order valence-corrected chi connectivity index (χ0v) is 84.0. The summed E-state index contributed by atoms with van der Waals surface area (Å²) in [6.07, 6.45) is 21.1. The van der Waals surface area contributed by atoms with E-state index in [4.69, 9.17) is 73.1 Å². The molecule has 5 fully saturated rings. The van der Waals surface area contributed by atoms with Gasteiger partial charge in [-0.2, -0.15) is 0 Å². The van der Waals surface area contributed by atoms with Gasteiger partial charge in [0, 0.05) is 150 Å². The number of unbranched alkanes of at least 4 members (excludes halogenated alkanes) is 1. The van der Waals surface area contributed by atoms with E-state index in [1.54, 1.807) is 97.1 Å². The molecule has 0 bridgehead atoms. The van der Waals surface area contributed by atoms with E-state index in [1.165, 1.54) is 74.4 Å². The molecule has 11 atom stereocenters. The minimum Gasteiger partial charge on any atom is -0.396 e. The summed E-state index contributed by atoms with van der Waals surface area (Å²) in [6.45, 7) is 11.7. The monoisotopic (exact) mass is 2030 g/mol. The second-order valence-electron chi connectivity index (χ2n) is 34.4. The normalized spacial score (nSPS) is 18.7. The molecule has 6 N–H and O–H groups in total. The number of Topliss-reactive ketones (excluding diaryl/α,β-unsaturated/α-hetero) is 3. The van der Waals surface area contributed by atoms with E-state index in [2.05, 4.69) is 75.1 Å². The third-order valence-corrected chi connectivity index (χ3v) is 25.3. The van der Waals surface area contributed by atoms with Gasteiger partial charge in [0.15, 0.2) is 65.4 Å². The van der Waals surface area contributed by atoms with Crippen LogP contribution in [-0.4, -0.2) is 279 Å². The standard InChI is InChI=1S/C38H50N2O8.C27H32N2O7.C23H32O5.C19H25IN2O5/c1-5-6-23-44-26-32(48-35-12-8-10-25-46-35)30-19-15-28(16-20-30)13-14-29-17-21-31(22-18-29)36(42)40(4)38(2,37(43)39-3)33(41)27-47-34-11-7-9-24-45-34;1-27(24(33)17-31,26(35)28-2)29(3)25(34)22-13-9-20(10-14-22)6-5-19-7-11-21(12-8-19)23(32)18-36-16-4-15-30;1-2-19-10-12-20(13-11-19)21(28-23-9-4-6-16-27-23)18-24-14-7-17-26-22-8-3-5-15-25-22;1-19(18(25)21-2,15(23)12-27-16-6-4-5-11-26-16)22(3)17(24)13-7-9-14(20)10-8-13/h15-22,32,34-35H,5-12,23-27H2,1-4H3,(H,39,43);7-14,23,30-32H,4,15-18H2,1-3H3,(H,28,35);1,10-13,21-23H,3-9,14-18H2;7-10,16H,4-6,11-12H2,1-3H3,(H,21,25)/t32-,34?,35?,38-;23-,27-;21-,22?,23?;16?,19-/m1111/s1. The van der Waals surface area contributed by atoms with E-state index in [-0.39, 0.29) is 63.1 Å². The number of rotatable bonds is 43. The van der Waals surface area contributed by atoms with Gasteiger partial charge in [0.05, 0.1) is 26.4 Å². The first-order valence-corrected chi connectivity index (χ1v) is 48.9. The molecule has 6 aromatic carbocycles. The minimum atomic E-state index is -1.86. The van der Waals surface area contributed by atoms with Gasteiger partial charge in [0.25, 0.3) is 35.4 Å². The van der Waals surface area contributed by atoms with E-state index in [9.17, 15) is 53.4 Å². The van der Waals surface area contributed by atoms with Crippen LogP contribution in [0.15, 0.2) is 146 Å². The predicted octanol–water partition coefficient (Wildman–Crippen LogP) is 12.0. The summed E-state index contributed by atoms with van der Waals surface area (Å²) in [5.74, 6) is 9.82. The maximum absolute atomic E-state index is 13.5. The number of nitrogens with zero attached hydrogens (tertiary/aromatic N) is 3. The van der Waals surface area contributed by atoms with E-state index in [1.807, 2.05) is 48.5 Å². The highest BCUT2D eigenvalue weighted by Gasteiger charge is 2.50. The number of ether oxygens (including phenoxy) is 13. The second-order valence-corrected chi connectivity index (χ2v) is 35.6. The molecule has 0 aliphatic carbocycles. The molecule has 32 heteroatoms. The van der Waals surface area contributed by atoms with Crippen LogP contribution in [0.25, 0.3) is 0 Å². The summed E-state index contributed by atoms with van der Waals surface area (Å²) in [5, 5.41) is 35.6. The fourth-order valence-corrected chi connectivity index (χ4v) is 15.5. The number of hydrogen-bond donors (Lipinski definition) is 6. The van der Waals surface area contributed by atoms with Crippen molar-refractivity contribution in [1.29, 1.82) is 0 Å². The summed E-state index contributed by atoms with van der Waals surface area (Å²) in [4.78, 5) is 119. The number of halogens is 1. The Hall–Kier alpha value is -10.1. The predicted molar refractivity (Wildman–Crippen MR) is 529 cm³/mol. The molecule has 139 heavy (non-hydrogen) atoms. The molecular formula is C107H139IN6O25. The first-order valence-electron chi connectivity index (χ1n) is 47.8. The van der Waals surface area contributed by atoms with Crippen LogP contribution in [0.3, 0.4) is 0 Å². The van der Waals surface area contributed by atoms with E-state index < -0.39 is 94.7 Å². The number of ketones is 3. The van der Waals surface area contributed by atoms with Crippen LogP contribution in [-0.2, 0) is 90.3 Å². The average Bonchev–Trinajstić information content (AvgIpc) is 0.790. The second kappa shape index (κ2) is 60.9. The summed E-state index contributed by atoms with van der Waals surface area (Å²) in [7, 11) is 8.44. The molecular weight excluding hydrogens is 1900 g/mol. The van der Waals surface area contributed by atoms with Gasteiger partial charge in [-0.05, 0) is 285 Å². The van der Waals surface area contributed by atoms with Crippen molar-refractivity contribution in [3.63, 3.8) is 0 Å². The van der Waals surface area contributed by atoms with Crippen molar-refractivity contribution in [2.75, 3.05) is 148 Å². The highest BCUT2D eigenvalue weighted by atomic mass is 127. The number of carbonyl (C=O) groups is 9. The Morgan fingerprint density at radius 2 is 0.719 bits per heavy atom. The van der Waals surface area contributed by atoms with E-state index in [0.717, 1.165) is 157 Å². The van der Waals surface area contributed by atoms with Gasteiger partial charge < -0.3 is 108 Å². The van der Waals surface area contributed by atoms with Gasteiger partial charge in [-0.3, -0.25) is 43.2 Å². The number of hydrogen-bond acceptors (Lipinski definition) is 25. The van der Waals surface area contributed by atoms with Gasteiger partial charge in [-0.1, -0.05) is 79.3 Å². The largest absolute Gasteiger partial charge is 0.396 e. The highest BCUT2D eigenvalue weighted by Crippen LogP contribution is 2.31. The van der Waals surface area contributed by atoms with Crippen molar-refractivity contribution in [3.8, 4) is 36.0 Å². The van der Waals surface area contributed by atoms with Crippen LogP contribution in [0.2, 0.25) is 0 Å². The molecule has 0 saturated carbocycles. The van der Waals surface area contributed by atoms with Crippen LogP contribution in [0.5, 0.6) is 0 Å². The maximum Gasteiger partial charge on any atom is 0.254 e. The van der Waals surface area contributed by atoms with Crippen LogP contribution < -0.4 is 16.0 Å². The van der Waals surface area contributed by atoms with Crippen LogP contribution >= 0.6 is 22.6 Å². The number of likely N-dealkylation sites (N-methyl/N-ethyl adjacent to an activating group) is 6. The number of amides is 6. The van der Waals surface area contributed by atoms with Gasteiger partial charge >= 0.3 is 0 Å². The van der Waals surface area contributed by atoms with Crippen molar-refractivity contribution in [2.24, 2.45) is 0 Å². The quantitative estimate of drug-likeness (QED) is 0.00896. The molecule has 5 unspecified atom stereocenters. The number of carbonyl (C=O) groups excluding carboxylic acids is 9. The van der Waals surface area contributed by atoms with Crippen LogP contribution in [0, 0.1) is 39.6 Å². The zero-order chi connectivity index (χ0) is 101. The molecule has 0 spiro atoms. The third-order valence-electron chi connectivity index (χ3n) is 24.6. The Bertz CT molecular complexity index is 4960. The average molecular weight is 2040 g/mol. The van der Waals surface area contributed by atoms with Crippen molar-refractivity contribution >= 4 is 75.4 Å². The first kappa shape index (κ1) is 114. The fourth-order valence-electron chi connectivity index (χ4n) is 15.1. The van der Waals surface area contributed by atoms with Gasteiger partial charge in [-0.15, -0.1) is 6.42 Å².